The minimum absolute atomic E-state index is 0.118. The lowest BCUT2D eigenvalue weighted by Crippen LogP contribution is -2.31. The minimum atomic E-state index is -0.118. The number of rotatable bonds is 1. The summed E-state index contributed by atoms with van der Waals surface area (Å²) in [7, 11) is 0. The second-order valence-corrected chi connectivity index (χ2v) is 3.15. The molecule has 2 nitrogen and oxygen atoms in total. The highest BCUT2D eigenvalue weighted by Crippen LogP contribution is 2.11. The zero-order valence-electron chi connectivity index (χ0n) is 7.76. The highest BCUT2D eigenvalue weighted by Gasteiger charge is 2.21. The molecule has 66 valence electrons. The first-order chi connectivity index (χ1) is 5.75. The van der Waals surface area contributed by atoms with E-state index in [1.807, 2.05) is 11.8 Å². The number of hydrogen-bond acceptors (Lipinski definition) is 1. The van der Waals surface area contributed by atoms with E-state index in [0.717, 1.165) is 25.9 Å². The molecular weight excluding hydrogens is 150 g/mol. The van der Waals surface area contributed by atoms with Crippen LogP contribution in [0.5, 0.6) is 0 Å². The first-order valence-electron chi connectivity index (χ1n) is 4.46. The Morgan fingerprint density at radius 3 is 2.50 bits per heavy atom. The number of amides is 1. The highest BCUT2D eigenvalue weighted by molar-refractivity contribution is 5.81. The maximum absolute atomic E-state index is 11.6. The normalized spacial score (nSPS) is 18.3. The fraction of sp³-hybridized carbons (Fsp3) is 0.700. The molecule has 1 heterocycles. The summed E-state index contributed by atoms with van der Waals surface area (Å²) >= 11 is 0. The van der Waals surface area contributed by atoms with Crippen molar-refractivity contribution in [1.82, 2.24) is 4.90 Å². The number of hydrogen-bond donors (Lipinski definition) is 0. The fourth-order valence-corrected chi connectivity index (χ4v) is 1.49. The molecule has 1 rings (SSSR count). The molecule has 1 saturated heterocycles. The molecule has 1 aliphatic rings. The van der Waals surface area contributed by atoms with Crippen LogP contribution in [-0.2, 0) is 4.79 Å². The van der Waals surface area contributed by atoms with Crippen LogP contribution in [0.25, 0.3) is 0 Å². The van der Waals surface area contributed by atoms with Gasteiger partial charge in [0.1, 0.15) is 0 Å². The van der Waals surface area contributed by atoms with Gasteiger partial charge in [-0.2, -0.15) is 0 Å². The van der Waals surface area contributed by atoms with Crippen LogP contribution in [0.4, 0.5) is 0 Å². The van der Waals surface area contributed by atoms with Gasteiger partial charge < -0.3 is 4.90 Å². The Labute approximate surface area is 73.9 Å². The summed E-state index contributed by atoms with van der Waals surface area (Å²) < 4.78 is 0. The fourth-order valence-electron chi connectivity index (χ4n) is 1.49. The van der Waals surface area contributed by atoms with Crippen LogP contribution in [0.15, 0.2) is 0 Å². The van der Waals surface area contributed by atoms with E-state index in [1.54, 1.807) is 6.92 Å². The van der Waals surface area contributed by atoms with E-state index in [1.165, 1.54) is 0 Å². The van der Waals surface area contributed by atoms with Crippen molar-refractivity contribution in [3.63, 3.8) is 0 Å². The largest absolute Gasteiger partial charge is 0.342 e. The Bertz CT molecular complexity index is 218. The average Bonchev–Trinajstić information content (AvgIpc) is 2.55. The topological polar surface area (TPSA) is 20.3 Å². The van der Waals surface area contributed by atoms with E-state index in [9.17, 15) is 4.79 Å². The molecule has 0 N–H and O–H groups in total. The van der Waals surface area contributed by atoms with Crippen LogP contribution < -0.4 is 0 Å². The third-order valence-electron chi connectivity index (χ3n) is 2.15. The predicted molar refractivity (Wildman–Crippen MR) is 48.4 cm³/mol. The second-order valence-electron chi connectivity index (χ2n) is 3.15. The third-order valence-corrected chi connectivity index (χ3v) is 2.15. The lowest BCUT2D eigenvalue weighted by atomic mass is 10.1. The molecule has 12 heavy (non-hydrogen) atoms. The van der Waals surface area contributed by atoms with Gasteiger partial charge in [0.05, 0.1) is 5.92 Å². The molecule has 1 aliphatic heterocycles. The van der Waals surface area contributed by atoms with Crippen molar-refractivity contribution >= 4 is 5.91 Å². The molecule has 1 fully saturated rings. The SMILES string of the molecule is CC#CC(C)C(=O)N1CCCC1. The Morgan fingerprint density at radius 1 is 1.42 bits per heavy atom. The lowest BCUT2D eigenvalue weighted by Gasteiger charge is -2.16. The standard InChI is InChI=1S/C10H15NO/c1-3-6-9(2)10(12)11-7-4-5-8-11/h9H,4-5,7-8H2,1-2H3. The van der Waals surface area contributed by atoms with Crippen LogP contribution in [0, 0.1) is 17.8 Å². The summed E-state index contributed by atoms with van der Waals surface area (Å²) in [5.74, 6) is 5.73. The average molecular weight is 165 g/mol. The van der Waals surface area contributed by atoms with Gasteiger partial charge in [-0.3, -0.25) is 4.79 Å². The molecule has 0 aromatic carbocycles. The Hall–Kier alpha value is -0.970. The first-order valence-corrected chi connectivity index (χ1v) is 4.46. The zero-order chi connectivity index (χ0) is 8.97. The van der Waals surface area contributed by atoms with Crippen LogP contribution in [0.1, 0.15) is 26.7 Å². The van der Waals surface area contributed by atoms with Crippen molar-refractivity contribution in [2.24, 2.45) is 5.92 Å². The van der Waals surface area contributed by atoms with E-state index < -0.39 is 0 Å². The van der Waals surface area contributed by atoms with Crippen molar-refractivity contribution in [2.75, 3.05) is 13.1 Å². The molecule has 2 heteroatoms. The van der Waals surface area contributed by atoms with Gasteiger partial charge in [-0.1, -0.05) is 5.92 Å². The van der Waals surface area contributed by atoms with E-state index in [-0.39, 0.29) is 11.8 Å². The highest BCUT2D eigenvalue weighted by atomic mass is 16.2. The summed E-state index contributed by atoms with van der Waals surface area (Å²) in [5, 5.41) is 0. The first kappa shape index (κ1) is 9.12. The summed E-state index contributed by atoms with van der Waals surface area (Å²) in [6.45, 7) is 5.49. The Balaban J connectivity index is 2.49. The molecule has 1 atom stereocenters. The molecule has 1 amide bonds. The number of carbonyl (C=O) groups is 1. The summed E-state index contributed by atoms with van der Waals surface area (Å²) in [6, 6.07) is 0. The molecule has 0 spiro atoms. The summed E-state index contributed by atoms with van der Waals surface area (Å²) in [5.41, 5.74) is 0. The smallest absolute Gasteiger partial charge is 0.237 e. The van der Waals surface area contributed by atoms with Crippen LogP contribution in [-0.4, -0.2) is 23.9 Å². The zero-order valence-corrected chi connectivity index (χ0v) is 7.76. The Morgan fingerprint density at radius 2 is 2.00 bits per heavy atom. The molecule has 0 saturated carbocycles. The van der Waals surface area contributed by atoms with Gasteiger partial charge in [-0.15, -0.1) is 5.92 Å². The van der Waals surface area contributed by atoms with Gasteiger partial charge in [-0.25, -0.2) is 0 Å². The van der Waals surface area contributed by atoms with Crippen LogP contribution in [0.3, 0.4) is 0 Å². The lowest BCUT2D eigenvalue weighted by molar-refractivity contribution is -0.132. The number of carbonyl (C=O) groups excluding carboxylic acids is 1. The van der Waals surface area contributed by atoms with Gasteiger partial charge in [0, 0.05) is 13.1 Å². The van der Waals surface area contributed by atoms with Crippen molar-refractivity contribution in [1.29, 1.82) is 0 Å². The van der Waals surface area contributed by atoms with Crippen LogP contribution >= 0.6 is 0 Å². The van der Waals surface area contributed by atoms with Crippen molar-refractivity contribution in [3.8, 4) is 11.8 Å². The van der Waals surface area contributed by atoms with Crippen molar-refractivity contribution < 1.29 is 4.79 Å². The molecular formula is C10H15NO. The predicted octanol–water partition coefficient (Wildman–Crippen LogP) is 1.27. The molecule has 0 aromatic heterocycles. The van der Waals surface area contributed by atoms with E-state index in [4.69, 9.17) is 0 Å². The second kappa shape index (κ2) is 4.15. The van der Waals surface area contributed by atoms with Gasteiger partial charge in [0.15, 0.2) is 0 Å². The number of likely N-dealkylation sites (tertiary alicyclic amines) is 1. The number of nitrogens with zero attached hydrogens (tertiary/aromatic N) is 1. The molecule has 1 unspecified atom stereocenters. The molecule has 0 bridgehead atoms. The minimum Gasteiger partial charge on any atom is -0.342 e. The molecule has 0 radical (unpaired) electrons. The van der Waals surface area contributed by atoms with E-state index in [2.05, 4.69) is 11.8 Å². The molecule has 0 aromatic rings. The van der Waals surface area contributed by atoms with Crippen molar-refractivity contribution in [2.45, 2.75) is 26.7 Å². The molecule has 0 aliphatic carbocycles. The van der Waals surface area contributed by atoms with Gasteiger partial charge in [0.25, 0.3) is 0 Å². The maximum Gasteiger partial charge on any atom is 0.237 e. The summed E-state index contributed by atoms with van der Waals surface area (Å²) in [6.07, 6.45) is 2.30. The third kappa shape index (κ3) is 2.01. The van der Waals surface area contributed by atoms with E-state index in [0.29, 0.717) is 0 Å². The van der Waals surface area contributed by atoms with E-state index >= 15 is 0 Å². The van der Waals surface area contributed by atoms with Crippen molar-refractivity contribution in [3.05, 3.63) is 0 Å². The van der Waals surface area contributed by atoms with Gasteiger partial charge in [-0.05, 0) is 26.7 Å². The monoisotopic (exact) mass is 165 g/mol. The maximum atomic E-state index is 11.6. The Kier molecular flexibility index (Phi) is 3.16. The summed E-state index contributed by atoms with van der Waals surface area (Å²) in [4.78, 5) is 13.5. The van der Waals surface area contributed by atoms with Gasteiger partial charge >= 0.3 is 0 Å². The quantitative estimate of drug-likeness (QED) is 0.536. The van der Waals surface area contributed by atoms with Gasteiger partial charge in [0.2, 0.25) is 5.91 Å². The van der Waals surface area contributed by atoms with Crippen LogP contribution in [0.2, 0.25) is 0 Å².